The van der Waals surface area contributed by atoms with Gasteiger partial charge in [-0.25, -0.2) is 4.63 Å². The molecule has 0 bridgehead atoms. The first-order chi connectivity index (χ1) is 7.43. The number of benzene rings is 1. The van der Waals surface area contributed by atoms with Crippen molar-refractivity contribution in [2.75, 3.05) is 18.0 Å². The van der Waals surface area contributed by atoms with Gasteiger partial charge in [0, 0.05) is 18.8 Å². The van der Waals surface area contributed by atoms with Crippen molar-refractivity contribution in [3.8, 4) is 0 Å². The molecule has 0 aliphatic carbocycles. The summed E-state index contributed by atoms with van der Waals surface area (Å²) in [6.45, 7) is 2.30. The lowest BCUT2D eigenvalue weighted by atomic mass is 10.1. The number of rotatable bonds is 1. The number of piperidine rings is 1. The minimum absolute atomic E-state index is 0.829. The topological polar surface area (TPSA) is 42.2 Å². The van der Waals surface area contributed by atoms with Crippen molar-refractivity contribution < 1.29 is 4.63 Å². The second kappa shape index (κ2) is 3.53. The van der Waals surface area contributed by atoms with Gasteiger partial charge in [-0.15, -0.1) is 0 Å². The second-order valence-electron chi connectivity index (χ2n) is 3.98. The van der Waals surface area contributed by atoms with E-state index in [-0.39, 0.29) is 0 Å². The molecule has 4 nitrogen and oxygen atoms in total. The predicted molar refractivity (Wildman–Crippen MR) is 57.9 cm³/mol. The molecule has 78 valence electrons. The molecule has 0 saturated carbocycles. The van der Waals surface area contributed by atoms with Crippen LogP contribution in [0.25, 0.3) is 11.0 Å². The summed E-state index contributed by atoms with van der Waals surface area (Å²) < 4.78 is 4.69. The Morgan fingerprint density at radius 3 is 2.67 bits per heavy atom. The van der Waals surface area contributed by atoms with Gasteiger partial charge in [0.15, 0.2) is 0 Å². The molecule has 3 rings (SSSR count). The Balaban J connectivity index is 1.95. The maximum absolute atomic E-state index is 4.69. The monoisotopic (exact) mass is 203 g/mol. The SMILES string of the molecule is c1cc2nonc2cc1N1CCCCC1. The molecule has 1 aromatic carbocycles. The van der Waals surface area contributed by atoms with E-state index < -0.39 is 0 Å². The molecule has 1 aromatic heterocycles. The molecule has 0 spiro atoms. The quantitative estimate of drug-likeness (QED) is 0.712. The highest BCUT2D eigenvalue weighted by Crippen LogP contribution is 2.22. The van der Waals surface area contributed by atoms with Gasteiger partial charge >= 0.3 is 0 Å². The van der Waals surface area contributed by atoms with Crippen LogP contribution in [0.4, 0.5) is 5.69 Å². The van der Waals surface area contributed by atoms with Crippen LogP contribution in [0, 0.1) is 0 Å². The summed E-state index contributed by atoms with van der Waals surface area (Å²) in [5.41, 5.74) is 2.91. The molecule has 0 atom stereocenters. The van der Waals surface area contributed by atoms with Crippen LogP contribution in [0.3, 0.4) is 0 Å². The molecule has 1 aliphatic rings. The Hall–Kier alpha value is -1.58. The van der Waals surface area contributed by atoms with Crippen LogP contribution in [-0.4, -0.2) is 23.4 Å². The zero-order valence-corrected chi connectivity index (χ0v) is 8.52. The van der Waals surface area contributed by atoms with Gasteiger partial charge in [0.05, 0.1) is 0 Å². The Kier molecular flexibility index (Phi) is 2.05. The highest BCUT2D eigenvalue weighted by atomic mass is 16.6. The summed E-state index contributed by atoms with van der Waals surface area (Å²) in [6, 6.07) is 6.12. The molecule has 15 heavy (non-hydrogen) atoms. The third-order valence-corrected chi connectivity index (χ3v) is 2.96. The third-order valence-electron chi connectivity index (χ3n) is 2.96. The Labute approximate surface area is 87.8 Å². The number of hydrogen-bond donors (Lipinski definition) is 0. The van der Waals surface area contributed by atoms with Crippen molar-refractivity contribution in [1.82, 2.24) is 10.3 Å². The van der Waals surface area contributed by atoms with Crippen LogP contribution < -0.4 is 4.90 Å². The van der Waals surface area contributed by atoms with E-state index in [0.717, 1.165) is 24.1 Å². The lowest BCUT2D eigenvalue weighted by Crippen LogP contribution is -2.29. The average molecular weight is 203 g/mol. The van der Waals surface area contributed by atoms with E-state index in [2.05, 4.69) is 32.0 Å². The zero-order valence-electron chi connectivity index (χ0n) is 8.52. The van der Waals surface area contributed by atoms with Crippen LogP contribution in [0.15, 0.2) is 22.8 Å². The highest BCUT2D eigenvalue weighted by molar-refractivity contribution is 5.77. The van der Waals surface area contributed by atoms with Crippen LogP contribution >= 0.6 is 0 Å². The van der Waals surface area contributed by atoms with Crippen molar-refractivity contribution in [3.05, 3.63) is 18.2 Å². The molecule has 4 heteroatoms. The number of fused-ring (bicyclic) bond motifs is 1. The standard InChI is InChI=1S/C11H13N3O/c1-2-6-14(7-3-1)9-4-5-10-11(8-9)13-15-12-10/h4-5,8H,1-3,6-7H2. The van der Waals surface area contributed by atoms with Gasteiger partial charge in [0.2, 0.25) is 0 Å². The molecular weight excluding hydrogens is 190 g/mol. The Morgan fingerprint density at radius 1 is 1.00 bits per heavy atom. The smallest absolute Gasteiger partial charge is 0.137 e. The van der Waals surface area contributed by atoms with E-state index in [9.17, 15) is 0 Å². The fourth-order valence-electron chi connectivity index (χ4n) is 2.12. The van der Waals surface area contributed by atoms with Crippen molar-refractivity contribution in [1.29, 1.82) is 0 Å². The van der Waals surface area contributed by atoms with Gasteiger partial charge in [-0.1, -0.05) is 0 Å². The first-order valence-electron chi connectivity index (χ1n) is 5.41. The molecule has 1 aliphatic heterocycles. The molecule has 2 heterocycles. The van der Waals surface area contributed by atoms with Gasteiger partial charge in [0.1, 0.15) is 11.0 Å². The molecular formula is C11H13N3O. The molecule has 0 N–H and O–H groups in total. The van der Waals surface area contributed by atoms with Gasteiger partial charge in [0.25, 0.3) is 0 Å². The lowest BCUT2D eigenvalue weighted by Gasteiger charge is -2.28. The summed E-state index contributed by atoms with van der Waals surface area (Å²) in [7, 11) is 0. The van der Waals surface area contributed by atoms with Crippen molar-refractivity contribution in [2.45, 2.75) is 19.3 Å². The third kappa shape index (κ3) is 1.56. The fraction of sp³-hybridized carbons (Fsp3) is 0.455. The van der Waals surface area contributed by atoms with Crippen LogP contribution in [-0.2, 0) is 0 Å². The first kappa shape index (κ1) is 8.71. The van der Waals surface area contributed by atoms with E-state index >= 15 is 0 Å². The summed E-state index contributed by atoms with van der Waals surface area (Å²) >= 11 is 0. The highest BCUT2D eigenvalue weighted by Gasteiger charge is 2.12. The van der Waals surface area contributed by atoms with E-state index in [1.807, 2.05) is 6.07 Å². The zero-order chi connectivity index (χ0) is 10.1. The van der Waals surface area contributed by atoms with Crippen LogP contribution in [0.5, 0.6) is 0 Å². The van der Waals surface area contributed by atoms with E-state index in [1.54, 1.807) is 0 Å². The predicted octanol–water partition coefficient (Wildman–Crippen LogP) is 2.21. The van der Waals surface area contributed by atoms with E-state index in [1.165, 1.54) is 24.9 Å². The Bertz CT molecular complexity index is 460. The largest absolute Gasteiger partial charge is 0.371 e. The summed E-state index contributed by atoms with van der Waals surface area (Å²) in [5.74, 6) is 0. The maximum atomic E-state index is 4.69. The normalized spacial score (nSPS) is 17.2. The number of hydrogen-bond acceptors (Lipinski definition) is 4. The van der Waals surface area contributed by atoms with Gasteiger partial charge in [-0.3, -0.25) is 0 Å². The summed E-state index contributed by atoms with van der Waals surface area (Å²) in [5, 5.41) is 7.66. The van der Waals surface area contributed by atoms with Gasteiger partial charge in [-0.2, -0.15) is 0 Å². The second-order valence-corrected chi connectivity index (χ2v) is 3.98. The minimum atomic E-state index is 0.829. The number of anilines is 1. The molecule has 1 fully saturated rings. The van der Waals surface area contributed by atoms with Crippen LogP contribution in [0.1, 0.15) is 19.3 Å². The van der Waals surface area contributed by atoms with Crippen molar-refractivity contribution in [2.24, 2.45) is 0 Å². The summed E-state index contributed by atoms with van der Waals surface area (Å²) in [4.78, 5) is 2.40. The van der Waals surface area contributed by atoms with Crippen LogP contribution in [0.2, 0.25) is 0 Å². The molecule has 0 amide bonds. The molecule has 0 radical (unpaired) electrons. The Morgan fingerprint density at radius 2 is 1.80 bits per heavy atom. The maximum Gasteiger partial charge on any atom is 0.137 e. The lowest BCUT2D eigenvalue weighted by molar-refractivity contribution is 0.315. The van der Waals surface area contributed by atoms with Gasteiger partial charge < -0.3 is 4.90 Å². The van der Waals surface area contributed by atoms with E-state index in [0.29, 0.717) is 0 Å². The average Bonchev–Trinajstić information content (AvgIpc) is 2.77. The summed E-state index contributed by atoms with van der Waals surface area (Å²) in [6.07, 6.45) is 3.93. The number of aromatic nitrogens is 2. The fourth-order valence-corrected chi connectivity index (χ4v) is 2.12. The molecule has 2 aromatic rings. The van der Waals surface area contributed by atoms with Crippen molar-refractivity contribution >= 4 is 16.7 Å². The van der Waals surface area contributed by atoms with E-state index in [4.69, 9.17) is 0 Å². The molecule has 1 saturated heterocycles. The van der Waals surface area contributed by atoms with Gasteiger partial charge in [-0.05, 0) is 47.8 Å². The van der Waals surface area contributed by atoms with Crippen molar-refractivity contribution in [3.63, 3.8) is 0 Å². The first-order valence-corrected chi connectivity index (χ1v) is 5.41. The molecule has 0 unspecified atom stereocenters. The minimum Gasteiger partial charge on any atom is -0.371 e. The number of nitrogens with zero attached hydrogens (tertiary/aromatic N) is 3.